The highest BCUT2D eigenvalue weighted by atomic mass is 16.6. The van der Waals surface area contributed by atoms with Crippen molar-refractivity contribution in [2.75, 3.05) is 18.5 Å². The maximum absolute atomic E-state index is 13.6. The summed E-state index contributed by atoms with van der Waals surface area (Å²) in [6.07, 6.45) is 1.71. The molecule has 3 aromatic carbocycles. The quantitative estimate of drug-likeness (QED) is 0.139. The lowest BCUT2D eigenvalue weighted by Crippen LogP contribution is -2.39. The van der Waals surface area contributed by atoms with Gasteiger partial charge in [0.25, 0.3) is 17.4 Å². The first-order chi connectivity index (χ1) is 21.0. The van der Waals surface area contributed by atoms with Gasteiger partial charge < -0.3 is 19.4 Å². The molecule has 2 heterocycles. The number of benzene rings is 3. The molecule has 2 amide bonds. The lowest BCUT2D eigenvalue weighted by molar-refractivity contribution is 0.00690. The normalized spacial score (nSPS) is 12.8. The van der Waals surface area contributed by atoms with Crippen LogP contribution in [0.15, 0.2) is 84.3 Å². The molecule has 0 radical (unpaired) electrons. The number of pyridine rings is 1. The SMILES string of the molecule is C=C(OCC)c1cccn(CCNc2ccc3c4c(cccc24)C(=O)N(Cc2ccc(C(=O)OC(C)(C)C)cc2)C3=O)c1=O. The van der Waals surface area contributed by atoms with Gasteiger partial charge in [0, 0.05) is 46.9 Å². The Kier molecular flexibility index (Phi) is 8.40. The molecule has 1 aliphatic heterocycles. The molecule has 0 saturated heterocycles. The summed E-state index contributed by atoms with van der Waals surface area (Å²) in [6.45, 7) is 12.4. The molecule has 1 aromatic heterocycles. The van der Waals surface area contributed by atoms with E-state index in [0.29, 0.717) is 58.7 Å². The predicted molar refractivity (Wildman–Crippen MR) is 170 cm³/mol. The molecule has 0 bridgehead atoms. The molecule has 0 fully saturated rings. The number of hydrogen-bond donors (Lipinski definition) is 1. The summed E-state index contributed by atoms with van der Waals surface area (Å²) in [5.74, 6) is -0.879. The summed E-state index contributed by atoms with van der Waals surface area (Å²) in [7, 11) is 0. The van der Waals surface area contributed by atoms with Gasteiger partial charge in [-0.15, -0.1) is 0 Å². The van der Waals surface area contributed by atoms with Gasteiger partial charge in [-0.2, -0.15) is 0 Å². The number of ether oxygens (including phenoxy) is 2. The molecule has 44 heavy (non-hydrogen) atoms. The van der Waals surface area contributed by atoms with Crippen molar-refractivity contribution < 1.29 is 23.9 Å². The smallest absolute Gasteiger partial charge is 0.338 e. The van der Waals surface area contributed by atoms with Crippen LogP contribution in [-0.2, 0) is 22.6 Å². The minimum atomic E-state index is -0.614. The number of imide groups is 1. The number of carbonyl (C=O) groups excluding carboxylic acids is 3. The van der Waals surface area contributed by atoms with Crippen molar-refractivity contribution in [3.05, 3.63) is 118 Å². The van der Waals surface area contributed by atoms with Gasteiger partial charge in [0.1, 0.15) is 11.4 Å². The van der Waals surface area contributed by atoms with Crippen LogP contribution in [0.25, 0.3) is 16.5 Å². The molecule has 5 rings (SSSR count). The zero-order valence-electron chi connectivity index (χ0n) is 25.3. The number of carbonyl (C=O) groups is 3. The second kappa shape index (κ2) is 12.2. The maximum Gasteiger partial charge on any atom is 0.338 e. The van der Waals surface area contributed by atoms with E-state index >= 15 is 0 Å². The fraction of sp³-hybridized carbons (Fsp3) is 0.257. The van der Waals surface area contributed by atoms with Gasteiger partial charge in [0.15, 0.2) is 0 Å². The van der Waals surface area contributed by atoms with Crippen LogP contribution in [0.1, 0.15) is 69.9 Å². The topological polar surface area (TPSA) is 107 Å². The molecule has 0 aliphatic carbocycles. The summed E-state index contributed by atoms with van der Waals surface area (Å²) >= 11 is 0. The zero-order chi connectivity index (χ0) is 31.6. The third kappa shape index (κ3) is 6.13. The van der Waals surface area contributed by atoms with E-state index in [1.165, 1.54) is 4.90 Å². The fourth-order valence-corrected chi connectivity index (χ4v) is 5.20. The Morgan fingerprint density at radius 1 is 0.909 bits per heavy atom. The molecule has 0 unspecified atom stereocenters. The first-order valence-corrected chi connectivity index (χ1v) is 14.5. The fourth-order valence-electron chi connectivity index (χ4n) is 5.20. The molecule has 4 aromatic rings. The summed E-state index contributed by atoms with van der Waals surface area (Å²) in [4.78, 5) is 53.7. The van der Waals surface area contributed by atoms with Crippen LogP contribution >= 0.6 is 0 Å². The molecule has 0 saturated carbocycles. The Morgan fingerprint density at radius 2 is 1.61 bits per heavy atom. The Bertz CT molecular complexity index is 1810. The Labute approximate surface area is 255 Å². The third-order valence-electron chi connectivity index (χ3n) is 7.23. The number of nitrogens with zero attached hydrogens (tertiary/aromatic N) is 2. The van der Waals surface area contributed by atoms with Crippen molar-refractivity contribution >= 4 is 40.0 Å². The molecule has 1 N–H and O–H groups in total. The van der Waals surface area contributed by atoms with Gasteiger partial charge in [-0.25, -0.2) is 4.79 Å². The average molecular weight is 594 g/mol. The molecule has 226 valence electrons. The van der Waals surface area contributed by atoms with Crippen molar-refractivity contribution in [1.82, 2.24) is 9.47 Å². The number of rotatable bonds is 10. The van der Waals surface area contributed by atoms with E-state index in [2.05, 4.69) is 11.9 Å². The highest BCUT2D eigenvalue weighted by Crippen LogP contribution is 2.35. The van der Waals surface area contributed by atoms with Crippen LogP contribution in [0.5, 0.6) is 0 Å². The molecule has 0 spiro atoms. The molecular weight excluding hydrogens is 558 g/mol. The first kappa shape index (κ1) is 30.3. The molecule has 1 aliphatic rings. The van der Waals surface area contributed by atoms with Crippen molar-refractivity contribution in [3.63, 3.8) is 0 Å². The lowest BCUT2D eigenvalue weighted by Gasteiger charge is -2.28. The van der Waals surface area contributed by atoms with Crippen LogP contribution in [0, 0.1) is 0 Å². The molecular formula is C35H35N3O6. The van der Waals surface area contributed by atoms with E-state index in [4.69, 9.17) is 9.47 Å². The Balaban J connectivity index is 1.33. The largest absolute Gasteiger partial charge is 0.494 e. The van der Waals surface area contributed by atoms with Gasteiger partial charge in [-0.1, -0.05) is 30.8 Å². The van der Waals surface area contributed by atoms with Crippen LogP contribution in [0.2, 0.25) is 0 Å². The standard InChI is InChI=1S/C35H35N3O6/c1-6-43-22(2)25-11-8-19-37(31(25)39)20-18-36-29-17-16-28-30-26(29)9-7-10-27(30)32(40)38(33(28)41)21-23-12-14-24(15-13-23)34(42)44-35(3,4)5/h7-17,19,36H,2,6,18,20-21H2,1,3-5H3. The Hall–Kier alpha value is -5.18. The van der Waals surface area contributed by atoms with Crippen molar-refractivity contribution in [2.45, 2.75) is 46.4 Å². The van der Waals surface area contributed by atoms with Crippen molar-refractivity contribution in [1.29, 1.82) is 0 Å². The predicted octanol–water partition coefficient (Wildman–Crippen LogP) is 5.87. The van der Waals surface area contributed by atoms with Crippen LogP contribution < -0.4 is 10.9 Å². The van der Waals surface area contributed by atoms with E-state index in [1.807, 2.05) is 19.1 Å². The van der Waals surface area contributed by atoms with Gasteiger partial charge in [-0.3, -0.25) is 19.3 Å². The summed E-state index contributed by atoms with van der Waals surface area (Å²) in [6, 6.07) is 19.1. The average Bonchev–Trinajstić information content (AvgIpc) is 2.98. The van der Waals surface area contributed by atoms with Crippen molar-refractivity contribution in [2.24, 2.45) is 0 Å². The van der Waals surface area contributed by atoms with E-state index in [1.54, 1.807) is 86.1 Å². The second-order valence-electron chi connectivity index (χ2n) is 11.5. The number of aromatic nitrogens is 1. The number of hydrogen-bond acceptors (Lipinski definition) is 7. The van der Waals surface area contributed by atoms with Crippen molar-refractivity contribution in [3.8, 4) is 0 Å². The number of anilines is 1. The van der Waals surface area contributed by atoms with Gasteiger partial charge in [0.2, 0.25) is 0 Å². The van der Waals surface area contributed by atoms with E-state index in [-0.39, 0.29) is 23.9 Å². The number of amides is 2. The summed E-state index contributed by atoms with van der Waals surface area (Å²) < 4.78 is 12.4. The van der Waals surface area contributed by atoms with Crippen LogP contribution in [0.3, 0.4) is 0 Å². The zero-order valence-corrected chi connectivity index (χ0v) is 25.3. The highest BCUT2D eigenvalue weighted by molar-refractivity contribution is 6.26. The van der Waals surface area contributed by atoms with Crippen LogP contribution in [-0.4, -0.2) is 46.0 Å². The molecule has 0 atom stereocenters. The number of nitrogens with one attached hydrogen (secondary N) is 1. The molecule has 9 heteroatoms. The van der Waals surface area contributed by atoms with Gasteiger partial charge >= 0.3 is 5.97 Å². The van der Waals surface area contributed by atoms with Gasteiger partial charge in [-0.05, 0) is 75.7 Å². The lowest BCUT2D eigenvalue weighted by atomic mass is 9.92. The highest BCUT2D eigenvalue weighted by Gasteiger charge is 2.33. The summed E-state index contributed by atoms with van der Waals surface area (Å²) in [5.41, 5.74) is 2.32. The molecule has 9 nitrogen and oxygen atoms in total. The summed E-state index contributed by atoms with van der Waals surface area (Å²) in [5, 5.41) is 4.70. The van der Waals surface area contributed by atoms with Gasteiger partial charge in [0.05, 0.1) is 24.3 Å². The first-order valence-electron chi connectivity index (χ1n) is 14.5. The van der Waals surface area contributed by atoms with Crippen LogP contribution in [0.4, 0.5) is 5.69 Å². The maximum atomic E-state index is 13.6. The van der Waals surface area contributed by atoms with E-state index in [0.717, 1.165) is 11.1 Å². The monoisotopic (exact) mass is 593 g/mol. The minimum absolute atomic E-state index is 0.0611. The minimum Gasteiger partial charge on any atom is -0.494 e. The van der Waals surface area contributed by atoms with E-state index in [9.17, 15) is 19.2 Å². The Morgan fingerprint density at radius 3 is 2.30 bits per heavy atom. The third-order valence-corrected chi connectivity index (χ3v) is 7.23. The van der Waals surface area contributed by atoms with E-state index < -0.39 is 11.6 Å². The number of esters is 1. The second-order valence-corrected chi connectivity index (χ2v) is 11.5.